The summed E-state index contributed by atoms with van der Waals surface area (Å²) in [6.45, 7) is 5.41. The Morgan fingerprint density at radius 1 is 1.04 bits per heavy atom. The van der Waals surface area contributed by atoms with Crippen molar-refractivity contribution in [1.29, 1.82) is 0 Å². The zero-order valence-corrected chi connectivity index (χ0v) is 16.6. The average molecular weight is 380 g/mol. The molecule has 0 saturated carbocycles. The maximum Gasteiger partial charge on any atom is 0.265 e. The Hall–Kier alpha value is -2.82. The molecule has 1 aliphatic rings. The Morgan fingerprint density at radius 2 is 1.71 bits per heavy atom. The fourth-order valence-electron chi connectivity index (χ4n) is 3.42. The number of para-hydroxylation sites is 2. The number of rotatable bonds is 6. The minimum Gasteiger partial charge on any atom is -0.480 e. The molecule has 0 radical (unpaired) electrons. The van der Waals surface area contributed by atoms with Crippen molar-refractivity contribution >= 4 is 17.5 Å². The van der Waals surface area contributed by atoms with Gasteiger partial charge in [0.15, 0.2) is 6.10 Å². The van der Waals surface area contributed by atoms with Crippen molar-refractivity contribution in [3.63, 3.8) is 0 Å². The Kier molecular flexibility index (Phi) is 6.69. The molecule has 2 aromatic rings. The minimum absolute atomic E-state index is 0.0246. The fourth-order valence-corrected chi connectivity index (χ4v) is 3.42. The van der Waals surface area contributed by atoms with Crippen LogP contribution >= 0.6 is 0 Å². The van der Waals surface area contributed by atoms with Crippen molar-refractivity contribution < 1.29 is 14.3 Å². The van der Waals surface area contributed by atoms with Gasteiger partial charge in [0.05, 0.1) is 11.3 Å². The largest absolute Gasteiger partial charge is 0.480 e. The van der Waals surface area contributed by atoms with Crippen LogP contribution in [0.25, 0.3) is 0 Å². The lowest BCUT2D eigenvalue weighted by molar-refractivity contribution is -0.122. The number of piperidine rings is 1. The van der Waals surface area contributed by atoms with Crippen molar-refractivity contribution in [1.82, 2.24) is 4.90 Å². The molecular weight excluding hydrogens is 352 g/mol. The smallest absolute Gasteiger partial charge is 0.265 e. The summed E-state index contributed by atoms with van der Waals surface area (Å²) in [4.78, 5) is 27.6. The third-order valence-electron chi connectivity index (χ3n) is 5.08. The van der Waals surface area contributed by atoms with Crippen molar-refractivity contribution in [3.05, 3.63) is 59.7 Å². The number of benzene rings is 2. The van der Waals surface area contributed by atoms with Crippen LogP contribution in [0.5, 0.6) is 5.75 Å². The van der Waals surface area contributed by atoms with Crippen LogP contribution in [0, 0.1) is 6.92 Å². The van der Waals surface area contributed by atoms with Gasteiger partial charge in [-0.3, -0.25) is 9.59 Å². The molecule has 1 fully saturated rings. The molecule has 2 amide bonds. The predicted molar refractivity (Wildman–Crippen MR) is 111 cm³/mol. The second kappa shape index (κ2) is 9.40. The van der Waals surface area contributed by atoms with E-state index >= 15 is 0 Å². The summed E-state index contributed by atoms with van der Waals surface area (Å²) in [6.07, 6.45) is 3.13. The van der Waals surface area contributed by atoms with Gasteiger partial charge >= 0.3 is 0 Å². The summed E-state index contributed by atoms with van der Waals surface area (Å²) in [5.74, 6) is 0.426. The summed E-state index contributed by atoms with van der Waals surface area (Å²) in [6, 6.07) is 14.8. The van der Waals surface area contributed by atoms with Crippen LogP contribution in [0.4, 0.5) is 5.69 Å². The molecule has 1 unspecified atom stereocenters. The summed E-state index contributed by atoms with van der Waals surface area (Å²) < 4.78 is 5.94. The van der Waals surface area contributed by atoms with E-state index in [1.54, 1.807) is 12.1 Å². The van der Waals surface area contributed by atoms with E-state index in [0.717, 1.165) is 37.9 Å². The van der Waals surface area contributed by atoms with Gasteiger partial charge in [-0.05, 0) is 56.4 Å². The Labute approximate surface area is 166 Å². The van der Waals surface area contributed by atoms with Gasteiger partial charge in [-0.2, -0.15) is 0 Å². The highest BCUT2D eigenvalue weighted by Gasteiger charge is 2.24. The summed E-state index contributed by atoms with van der Waals surface area (Å²) in [5.41, 5.74) is 2.05. The standard InChI is InChI=1S/C23H28N2O3/c1-3-20(28-21-14-8-5-11-17(21)2)22(26)24-19-13-7-6-12-18(19)23(27)25-15-9-4-10-16-25/h5-8,11-14,20H,3-4,9-10,15-16H2,1-2H3,(H,24,26). The van der Waals surface area contributed by atoms with Crippen LogP contribution in [0.2, 0.25) is 0 Å². The molecule has 148 valence electrons. The summed E-state index contributed by atoms with van der Waals surface area (Å²) in [5, 5.41) is 2.91. The lowest BCUT2D eigenvalue weighted by atomic mass is 10.1. The SMILES string of the molecule is CCC(Oc1ccccc1C)C(=O)Nc1ccccc1C(=O)N1CCCCC1. The summed E-state index contributed by atoms with van der Waals surface area (Å²) in [7, 11) is 0. The van der Waals surface area contributed by atoms with E-state index in [4.69, 9.17) is 4.74 Å². The summed E-state index contributed by atoms with van der Waals surface area (Å²) >= 11 is 0. The van der Waals surface area contributed by atoms with Crippen LogP contribution < -0.4 is 10.1 Å². The number of hydrogen-bond donors (Lipinski definition) is 1. The maximum atomic E-state index is 12.9. The van der Waals surface area contributed by atoms with E-state index in [1.807, 2.05) is 55.1 Å². The number of ether oxygens (including phenoxy) is 1. The highest BCUT2D eigenvalue weighted by molar-refractivity contribution is 6.04. The van der Waals surface area contributed by atoms with Crippen molar-refractivity contribution in [2.24, 2.45) is 0 Å². The monoisotopic (exact) mass is 380 g/mol. The van der Waals surface area contributed by atoms with Gasteiger partial charge in [0.1, 0.15) is 5.75 Å². The Bertz CT molecular complexity index is 828. The molecule has 1 saturated heterocycles. The van der Waals surface area contributed by atoms with Gasteiger partial charge < -0.3 is 15.0 Å². The maximum absolute atomic E-state index is 12.9. The molecule has 1 aliphatic heterocycles. The van der Waals surface area contributed by atoms with Gasteiger partial charge in [0.2, 0.25) is 0 Å². The highest BCUT2D eigenvalue weighted by atomic mass is 16.5. The topological polar surface area (TPSA) is 58.6 Å². The van der Waals surface area contributed by atoms with Gasteiger partial charge in [-0.1, -0.05) is 37.3 Å². The van der Waals surface area contributed by atoms with E-state index in [2.05, 4.69) is 5.32 Å². The van der Waals surface area contributed by atoms with Gasteiger partial charge in [0.25, 0.3) is 11.8 Å². The third-order valence-corrected chi connectivity index (χ3v) is 5.08. The Morgan fingerprint density at radius 3 is 2.43 bits per heavy atom. The number of likely N-dealkylation sites (tertiary alicyclic amines) is 1. The molecule has 0 spiro atoms. The first-order valence-corrected chi connectivity index (χ1v) is 10.0. The van der Waals surface area contributed by atoms with Crippen LogP contribution in [-0.2, 0) is 4.79 Å². The molecule has 0 aliphatic carbocycles. The number of hydrogen-bond acceptors (Lipinski definition) is 3. The van der Waals surface area contributed by atoms with E-state index in [0.29, 0.717) is 23.4 Å². The molecule has 1 atom stereocenters. The van der Waals surface area contributed by atoms with Crippen LogP contribution in [-0.4, -0.2) is 35.9 Å². The lowest BCUT2D eigenvalue weighted by Gasteiger charge is -2.27. The predicted octanol–water partition coefficient (Wildman–Crippen LogP) is 4.42. The first kappa shape index (κ1) is 19.9. The second-order valence-corrected chi connectivity index (χ2v) is 7.17. The number of carbonyl (C=O) groups is 2. The zero-order chi connectivity index (χ0) is 19.9. The number of nitrogens with one attached hydrogen (secondary N) is 1. The third kappa shape index (κ3) is 4.71. The second-order valence-electron chi connectivity index (χ2n) is 7.17. The van der Waals surface area contributed by atoms with E-state index in [1.165, 1.54) is 0 Å². The zero-order valence-electron chi connectivity index (χ0n) is 16.6. The first-order valence-electron chi connectivity index (χ1n) is 10.0. The van der Waals surface area contributed by atoms with Crippen molar-refractivity contribution in [3.8, 4) is 5.75 Å². The van der Waals surface area contributed by atoms with Crippen molar-refractivity contribution in [2.45, 2.75) is 45.6 Å². The minimum atomic E-state index is -0.626. The number of amides is 2. The number of carbonyl (C=O) groups excluding carboxylic acids is 2. The number of nitrogens with zero attached hydrogens (tertiary/aromatic N) is 1. The van der Waals surface area contributed by atoms with E-state index in [-0.39, 0.29) is 11.8 Å². The highest BCUT2D eigenvalue weighted by Crippen LogP contribution is 2.22. The normalized spacial score (nSPS) is 15.0. The molecule has 0 aromatic heterocycles. The van der Waals surface area contributed by atoms with Crippen LogP contribution in [0.3, 0.4) is 0 Å². The van der Waals surface area contributed by atoms with Gasteiger partial charge in [0, 0.05) is 13.1 Å². The van der Waals surface area contributed by atoms with Gasteiger partial charge in [-0.25, -0.2) is 0 Å². The van der Waals surface area contributed by atoms with E-state index < -0.39 is 6.10 Å². The quantitative estimate of drug-likeness (QED) is 0.807. The first-order chi connectivity index (χ1) is 13.6. The molecule has 1 heterocycles. The molecule has 0 bridgehead atoms. The molecule has 5 nitrogen and oxygen atoms in total. The van der Waals surface area contributed by atoms with Crippen LogP contribution in [0.1, 0.15) is 48.5 Å². The fraction of sp³-hybridized carbons (Fsp3) is 0.391. The van der Waals surface area contributed by atoms with Crippen molar-refractivity contribution in [2.75, 3.05) is 18.4 Å². The molecule has 28 heavy (non-hydrogen) atoms. The van der Waals surface area contributed by atoms with E-state index in [9.17, 15) is 9.59 Å². The molecular formula is C23H28N2O3. The Balaban J connectivity index is 1.74. The van der Waals surface area contributed by atoms with Gasteiger partial charge in [-0.15, -0.1) is 0 Å². The van der Waals surface area contributed by atoms with Crippen LogP contribution in [0.15, 0.2) is 48.5 Å². The molecule has 2 aromatic carbocycles. The average Bonchev–Trinajstić information content (AvgIpc) is 2.73. The number of aryl methyl sites for hydroxylation is 1. The molecule has 3 rings (SSSR count). The number of anilines is 1. The molecule has 1 N–H and O–H groups in total. The lowest BCUT2D eigenvalue weighted by Crippen LogP contribution is -2.37. The molecule has 5 heteroatoms.